The van der Waals surface area contributed by atoms with Crippen molar-refractivity contribution in [2.45, 2.75) is 39.3 Å². The highest BCUT2D eigenvalue weighted by atomic mass is 16.5. The third-order valence-electron chi connectivity index (χ3n) is 7.67. The summed E-state index contributed by atoms with van der Waals surface area (Å²) in [5.74, 6) is 1.79. The molecule has 0 saturated carbocycles. The number of nitrogens with one attached hydrogen (secondary N) is 2. The molecule has 214 valence electrons. The standard InChI is InChI=1S/C33H37N3O5/c1-33(2)17-25-31(27(37)18-33)32(22-13-14-28(40-4)29(16-22)41-5)36(26-12-7-6-11-24(26)35-25)20-30(38)34-19-21-9-8-10-23(15-21)39-3/h6-16,32,35H,17-20H2,1-5H3,(H,34,38). The van der Waals surface area contributed by atoms with Crippen molar-refractivity contribution in [2.24, 2.45) is 5.41 Å². The van der Waals surface area contributed by atoms with E-state index >= 15 is 0 Å². The fraction of sp³-hybridized carbons (Fsp3) is 0.333. The molecule has 5 rings (SSSR count). The second-order valence-corrected chi connectivity index (χ2v) is 11.2. The van der Waals surface area contributed by atoms with Gasteiger partial charge in [0.2, 0.25) is 5.91 Å². The molecule has 3 aromatic rings. The molecule has 3 aromatic carbocycles. The summed E-state index contributed by atoms with van der Waals surface area (Å²) < 4.78 is 16.5. The highest BCUT2D eigenvalue weighted by Crippen LogP contribution is 2.49. The number of carbonyl (C=O) groups excluding carboxylic acids is 2. The quantitative estimate of drug-likeness (QED) is 0.372. The lowest BCUT2D eigenvalue weighted by molar-refractivity contribution is -0.120. The van der Waals surface area contributed by atoms with Gasteiger partial charge in [-0.2, -0.15) is 0 Å². The van der Waals surface area contributed by atoms with Crippen LogP contribution in [0, 0.1) is 5.41 Å². The number of hydrogen-bond donors (Lipinski definition) is 2. The van der Waals surface area contributed by atoms with E-state index in [2.05, 4.69) is 24.5 Å². The number of fused-ring (bicyclic) bond motifs is 1. The number of carbonyl (C=O) groups is 2. The lowest BCUT2D eigenvalue weighted by Gasteiger charge is -2.38. The first-order valence-corrected chi connectivity index (χ1v) is 13.7. The Morgan fingerprint density at radius 1 is 0.951 bits per heavy atom. The number of nitrogens with zero attached hydrogens (tertiary/aromatic N) is 1. The number of allylic oxidation sites excluding steroid dienone is 1. The van der Waals surface area contributed by atoms with Gasteiger partial charge in [0.05, 0.1) is 45.3 Å². The number of hydrogen-bond acceptors (Lipinski definition) is 7. The van der Waals surface area contributed by atoms with Gasteiger partial charge >= 0.3 is 0 Å². The number of rotatable bonds is 8. The molecule has 8 nitrogen and oxygen atoms in total. The summed E-state index contributed by atoms with van der Waals surface area (Å²) in [6.07, 6.45) is 1.13. The molecule has 1 aliphatic carbocycles. The summed E-state index contributed by atoms with van der Waals surface area (Å²) in [4.78, 5) is 29.5. The molecule has 1 heterocycles. The SMILES string of the molecule is COc1cccc(CNC(=O)CN2c3ccccc3NC3=C(C(=O)CC(C)(C)C3)C2c2ccc(OC)c(OC)c2)c1. The highest BCUT2D eigenvalue weighted by Gasteiger charge is 2.42. The van der Waals surface area contributed by atoms with Gasteiger partial charge in [-0.25, -0.2) is 0 Å². The van der Waals surface area contributed by atoms with Gasteiger partial charge in [0, 0.05) is 24.2 Å². The van der Waals surface area contributed by atoms with Gasteiger partial charge < -0.3 is 29.7 Å². The lowest BCUT2D eigenvalue weighted by atomic mass is 9.73. The van der Waals surface area contributed by atoms with E-state index in [1.54, 1.807) is 21.3 Å². The molecule has 8 heteroatoms. The van der Waals surface area contributed by atoms with Crippen molar-refractivity contribution >= 4 is 23.1 Å². The summed E-state index contributed by atoms with van der Waals surface area (Å²) in [5.41, 5.74) is 4.83. The molecule has 1 atom stereocenters. The van der Waals surface area contributed by atoms with E-state index in [0.717, 1.165) is 33.9 Å². The predicted molar refractivity (Wildman–Crippen MR) is 160 cm³/mol. The van der Waals surface area contributed by atoms with E-state index in [-0.39, 0.29) is 23.7 Å². The van der Waals surface area contributed by atoms with Crippen LogP contribution in [0.4, 0.5) is 11.4 Å². The van der Waals surface area contributed by atoms with Crippen LogP contribution in [0.15, 0.2) is 78.0 Å². The number of methoxy groups -OCH3 is 3. The minimum Gasteiger partial charge on any atom is -0.497 e. The van der Waals surface area contributed by atoms with Crippen molar-refractivity contribution in [1.29, 1.82) is 0 Å². The first-order chi connectivity index (χ1) is 19.7. The van der Waals surface area contributed by atoms with Crippen LogP contribution < -0.4 is 29.7 Å². The second kappa shape index (κ2) is 11.6. The average molecular weight is 556 g/mol. The van der Waals surface area contributed by atoms with Gasteiger partial charge in [0.15, 0.2) is 17.3 Å². The Balaban J connectivity index is 1.58. The highest BCUT2D eigenvalue weighted by molar-refractivity contribution is 6.02. The van der Waals surface area contributed by atoms with Crippen LogP contribution in [0.2, 0.25) is 0 Å². The fourth-order valence-electron chi connectivity index (χ4n) is 5.79. The topological polar surface area (TPSA) is 89.1 Å². The summed E-state index contributed by atoms with van der Waals surface area (Å²) >= 11 is 0. The molecule has 0 aromatic heterocycles. The Labute approximate surface area is 241 Å². The normalized spacial score (nSPS) is 17.5. The van der Waals surface area contributed by atoms with E-state index in [4.69, 9.17) is 14.2 Å². The van der Waals surface area contributed by atoms with Crippen LogP contribution in [-0.4, -0.2) is 39.6 Å². The number of para-hydroxylation sites is 2. The zero-order chi connectivity index (χ0) is 29.1. The minimum absolute atomic E-state index is 0.0368. The van der Waals surface area contributed by atoms with E-state index in [1.807, 2.05) is 71.6 Å². The summed E-state index contributed by atoms with van der Waals surface area (Å²) in [6.45, 7) is 4.62. The molecular weight excluding hydrogens is 518 g/mol. The third kappa shape index (κ3) is 5.87. The number of anilines is 2. The van der Waals surface area contributed by atoms with Crippen molar-refractivity contribution in [2.75, 3.05) is 38.1 Å². The molecule has 0 fully saturated rings. The van der Waals surface area contributed by atoms with Crippen LogP contribution >= 0.6 is 0 Å². The summed E-state index contributed by atoms with van der Waals surface area (Å²) in [6, 6.07) is 20.7. The largest absolute Gasteiger partial charge is 0.497 e. The zero-order valence-electron chi connectivity index (χ0n) is 24.2. The second-order valence-electron chi connectivity index (χ2n) is 11.2. The Hall–Kier alpha value is -4.46. The van der Waals surface area contributed by atoms with Gasteiger partial charge in [-0.3, -0.25) is 9.59 Å². The van der Waals surface area contributed by atoms with Crippen molar-refractivity contribution < 1.29 is 23.8 Å². The Kier molecular flexibility index (Phi) is 7.92. The van der Waals surface area contributed by atoms with Crippen LogP contribution in [0.1, 0.15) is 43.9 Å². The molecular formula is C33H37N3O5. The fourth-order valence-corrected chi connectivity index (χ4v) is 5.79. The van der Waals surface area contributed by atoms with Crippen molar-refractivity contribution in [1.82, 2.24) is 5.32 Å². The van der Waals surface area contributed by atoms with E-state index in [1.165, 1.54) is 0 Å². The average Bonchev–Trinajstić information content (AvgIpc) is 3.09. The smallest absolute Gasteiger partial charge is 0.239 e. The molecule has 41 heavy (non-hydrogen) atoms. The number of Topliss-reactive ketones (excluding diaryl/α,β-unsaturated/α-hetero) is 1. The Morgan fingerprint density at radius 2 is 1.73 bits per heavy atom. The molecule has 0 saturated heterocycles. The molecule has 0 spiro atoms. The number of ketones is 1. The molecule has 1 aliphatic heterocycles. The maximum atomic E-state index is 13.9. The lowest BCUT2D eigenvalue weighted by Crippen LogP contribution is -2.41. The van der Waals surface area contributed by atoms with E-state index in [0.29, 0.717) is 36.5 Å². The summed E-state index contributed by atoms with van der Waals surface area (Å²) in [5, 5.41) is 6.64. The van der Waals surface area contributed by atoms with Gasteiger partial charge in [-0.15, -0.1) is 0 Å². The van der Waals surface area contributed by atoms with Crippen LogP contribution in [0.5, 0.6) is 17.2 Å². The maximum Gasteiger partial charge on any atom is 0.239 e. The molecule has 0 bridgehead atoms. The number of amides is 1. The van der Waals surface area contributed by atoms with Crippen LogP contribution in [-0.2, 0) is 16.1 Å². The molecule has 2 aliphatic rings. The third-order valence-corrected chi connectivity index (χ3v) is 7.67. The molecule has 2 N–H and O–H groups in total. The van der Waals surface area contributed by atoms with Crippen molar-refractivity contribution in [3.8, 4) is 17.2 Å². The first-order valence-electron chi connectivity index (χ1n) is 13.7. The van der Waals surface area contributed by atoms with Crippen LogP contribution in [0.25, 0.3) is 0 Å². The van der Waals surface area contributed by atoms with Crippen molar-refractivity contribution in [3.63, 3.8) is 0 Å². The van der Waals surface area contributed by atoms with E-state index < -0.39 is 6.04 Å². The molecule has 1 unspecified atom stereocenters. The molecule has 0 radical (unpaired) electrons. The monoisotopic (exact) mass is 555 g/mol. The van der Waals surface area contributed by atoms with Gasteiger partial charge in [0.1, 0.15) is 5.75 Å². The predicted octanol–water partition coefficient (Wildman–Crippen LogP) is 5.65. The van der Waals surface area contributed by atoms with E-state index in [9.17, 15) is 9.59 Å². The van der Waals surface area contributed by atoms with Gasteiger partial charge in [-0.1, -0.05) is 44.2 Å². The molecule has 1 amide bonds. The van der Waals surface area contributed by atoms with Gasteiger partial charge in [-0.05, 0) is 59.4 Å². The zero-order valence-corrected chi connectivity index (χ0v) is 24.2. The minimum atomic E-state index is -0.521. The van der Waals surface area contributed by atoms with Crippen molar-refractivity contribution in [3.05, 3.63) is 89.1 Å². The maximum absolute atomic E-state index is 13.9. The Morgan fingerprint density at radius 3 is 2.49 bits per heavy atom. The Bertz CT molecular complexity index is 1500. The van der Waals surface area contributed by atoms with Gasteiger partial charge in [0.25, 0.3) is 0 Å². The first kappa shape index (κ1) is 28.1. The number of ether oxygens (including phenoxy) is 3. The number of benzene rings is 3. The summed E-state index contributed by atoms with van der Waals surface area (Å²) in [7, 11) is 4.80. The van der Waals surface area contributed by atoms with Crippen LogP contribution in [0.3, 0.4) is 0 Å².